The summed E-state index contributed by atoms with van der Waals surface area (Å²) < 4.78 is 0.877. The van der Waals surface area contributed by atoms with Crippen LogP contribution >= 0.6 is 34.7 Å². The van der Waals surface area contributed by atoms with Gasteiger partial charge in [-0.15, -0.1) is 10.2 Å². The van der Waals surface area contributed by atoms with E-state index in [1.807, 2.05) is 13.8 Å². The third-order valence-corrected chi connectivity index (χ3v) is 4.16. The second-order valence-corrected chi connectivity index (χ2v) is 5.77. The molecule has 2 aromatic heterocycles. The molecule has 0 aromatic carbocycles. The van der Waals surface area contributed by atoms with Crippen LogP contribution in [0.5, 0.6) is 0 Å². The van der Waals surface area contributed by atoms with Gasteiger partial charge in [0.25, 0.3) is 0 Å². The summed E-state index contributed by atoms with van der Waals surface area (Å²) >= 11 is 9.03. The van der Waals surface area contributed by atoms with E-state index in [0.29, 0.717) is 5.15 Å². The van der Waals surface area contributed by atoms with Crippen molar-refractivity contribution < 1.29 is 0 Å². The van der Waals surface area contributed by atoms with E-state index in [2.05, 4.69) is 20.2 Å². The summed E-state index contributed by atoms with van der Waals surface area (Å²) in [6.07, 6.45) is 2.28. The van der Waals surface area contributed by atoms with Gasteiger partial charge in [0, 0.05) is 5.56 Å². The van der Waals surface area contributed by atoms with Gasteiger partial charge in [-0.2, -0.15) is 0 Å². The molecule has 0 aliphatic rings. The van der Waals surface area contributed by atoms with Crippen LogP contribution in [0.15, 0.2) is 15.7 Å². The van der Waals surface area contributed by atoms with Crippen LogP contribution in [-0.4, -0.2) is 20.2 Å². The van der Waals surface area contributed by atoms with E-state index in [1.54, 1.807) is 11.3 Å². The van der Waals surface area contributed by atoms with Crippen molar-refractivity contribution in [1.82, 2.24) is 20.2 Å². The molecular weight excluding hydrogens is 264 g/mol. The molecule has 2 heterocycles. The summed E-state index contributed by atoms with van der Waals surface area (Å²) in [5.74, 6) is 0. The largest absolute Gasteiger partial charge is 0.229 e. The Hall–Kier alpha value is -0.720. The standard InChI is InChI=1S/C9H9ClN4S2/c1-3-6-7(10)11-4-12-8(6)16-9-14-13-5(2)15-9/h4H,3H2,1-2H3. The lowest BCUT2D eigenvalue weighted by atomic mass is 10.3. The predicted molar refractivity (Wildman–Crippen MR) is 65.2 cm³/mol. The van der Waals surface area contributed by atoms with Gasteiger partial charge in [0.2, 0.25) is 0 Å². The smallest absolute Gasteiger partial charge is 0.180 e. The molecule has 0 radical (unpaired) electrons. The third kappa shape index (κ3) is 2.50. The van der Waals surface area contributed by atoms with Gasteiger partial charge < -0.3 is 0 Å². The average Bonchev–Trinajstić information content (AvgIpc) is 2.64. The molecule has 0 saturated heterocycles. The number of halogens is 1. The lowest BCUT2D eigenvalue weighted by molar-refractivity contribution is 0.936. The molecule has 0 N–H and O–H groups in total. The van der Waals surface area contributed by atoms with Gasteiger partial charge in [0.1, 0.15) is 21.5 Å². The van der Waals surface area contributed by atoms with Crippen LogP contribution in [0.3, 0.4) is 0 Å². The highest BCUT2D eigenvalue weighted by Gasteiger charge is 2.11. The molecule has 0 spiro atoms. The van der Waals surface area contributed by atoms with E-state index >= 15 is 0 Å². The Morgan fingerprint density at radius 2 is 2.19 bits per heavy atom. The van der Waals surface area contributed by atoms with Gasteiger partial charge in [0.15, 0.2) is 4.34 Å². The lowest BCUT2D eigenvalue weighted by Crippen LogP contribution is -1.93. The van der Waals surface area contributed by atoms with Crippen LogP contribution in [0.4, 0.5) is 0 Å². The van der Waals surface area contributed by atoms with Crippen molar-refractivity contribution in [2.75, 3.05) is 0 Å². The summed E-state index contributed by atoms with van der Waals surface area (Å²) in [5.41, 5.74) is 0.960. The van der Waals surface area contributed by atoms with Crippen molar-refractivity contribution in [2.45, 2.75) is 29.6 Å². The second-order valence-electron chi connectivity index (χ2n) is 2.99. The first-order chi connectivity index (χ1) is 7.70. The maximum absolute atomic E-state index is 6.00. The fourth-order valence-corrected chi connectivity index (χ4v) is 3.38. The molecule has 2 aromatic rings. The van der Waals surface area contributed by atoms with E-state index in [4.69, 9.17) is 11.6 Å². The van der Waals surface area contributed by atoms with Gasteiger partial charge in [-0.3, -0.25) is 0 Å². The van der Waals surface area contributed by atoms with E-state index in [9.17, 15) is 0 Å². The molecule has 0 saturated carbocycles. The number of hydrogen-bond acceptors (Lipinski definition) is 6. The van der Waals surface area contributed by atoms with Crippen molar-refractivity contribution in [1.29, 1.82) is 0 Å². The highest BCUT2D eigenvalue weighted by Crippen LogP contribution is 2.32. The van der Waals surface area contributed by atoms with Crippen molar-refractivity contribution in [3.63, 3.8) is 0 Å². The molecule has 0 fully saturated rings. The van der Waals surface area contributed by atoms with Gasteiger partial charge in [0.05, 0.1) is 0 Å². The van der Waals surface area contributed by atoms with E-state index in [-0.39, 0.29) is 0 Å². The van der Waals surface area contributed by atoms with E-state index in [1.165, 1.54) is 18.1 Å². The molecule has 84 valence electrons. The zero-order valence-corrected chi connectivity index (χ0v) is 11.2. The SMILES string of the molecule is CCc1c(Cl)ncnc1Sc1nnc(C)s1. The topological polar surface area (TPSA) is 51.6 Å². The molecule has 0 aliphatic carbocycles. The summed E-state index contributed by atoms with van der Waals surface area (Å²) in [6.45, 7) is 3.95. The first-order valence-corrected chi connectivity index (χ1v) is 6.69. The molecule has 0 amide bonds. The number of aryl methyl sites for hydroxylation is 1. The number of rotatable bonds is 3. The highest BCUT2D eigenvalue weighted by molar-refractivity contribution is 8.01. The molecule has 16 heavy (non-hydrogen) atoms. The van der Waals surface area contributed by atoms with Crippen molar-refractivity contribution in [3.8, 4) is 0 Å². The number of nitrogens with zero attached hydrogens (tertiary/aromatic N) is 4. The zero-order chi connectivity index (χ0) is 11.5. The van der Waals surface area contributed by atoms with Crippen molar-refractivity contribution in [3.05, 3.63) is 22.1 Å². The Morgan fingerprint density at radius 1 is 1.38 bits per heavy atom. The van der Waals surface area contributed by atoms with Gasteiger partial charge in [-0.25, -0.2) is 9.97 Å². The second kappa shape index (κ2) is 5.07. The predicted octanol–water partition coefficient (Wildman–Crippen LogP) is 3.00. The van der Waals surface area contributed by atoms with Crippen LogP contribution in [0.25, 0.3) is 0 Å². The Morgan fingerprint density at radius 3 is 2.81 bits per heavy atom. The minimum atomic E-state index is 0.515. The van der Waals surface area contributed by atoms with Crippen LogP contribution in [-0.2, 0) is 6.42 Å². The number of aromatic nitrogens is 4. The van der Waals surface area contributed by atoms with E-state index in [0.717, 1.165) is 26.4 Å². The summed E-state index contributed by atoms with van der Waals surface area (Å²) in [6, 6.07) is 0. The maximum Gasteiger partial charge on any atom is 0.180 e. The summed E-state index contributed by atoms with van der Waals surface area (Å²) in [7, 11) is 0. The normalized spacial score (nSPS) is 10.7. The van der Waals surface area contributed by atoms with Crippen LogP contribution in [0.2, 0.25) is 5.15 Å². The summed E-state index contributed by atoms with van der Waals surface area (Å²) in [4.78, 5) is 8.19. The van der Waals surface area contributed by atoms with Crippen molar-refractivity contribution in [2.24, 2.45) is 0 Å². The van der Waals surface area contributed by atoms with Crippen LogP contribution in [0.1, 0.15) is 17.5 Å². The first-order valence-electron chi connectivity index (χ1n) is 4.68. The zero-order valence-electron chi connectivity index (χ0n) is 8.77. The Labute approximate surface area is 106 Å². The molecule has 0 bridgehead atoms. The fourth-order valence-electron chi connectivity index (χ4n) is 1.16. The molecule has 0 unspecified atom stereocenters. The minimum Gasteiger partial charge on any atom is -0.229 e. The lowest BCUT2D eigenvalue weighted by Gasteiger charge is -2.04. The van der Waals surface area contributed by atoms with Gasteiger partial charge in [-0.1, -0.05) is 29.9 Å². The van der Waals surface area contributed by atoms with E-state index < -0.39 is 0 Å². The fraction of sp³-hybridized carbons (Fsp3) is 0.333. The molecule has 0 atom stereocenters. The Bertz CT molecular complexity index is 500. The number of hydrogen-bond donors (Lipinski definition) is 0. The average molecular weight is 273 g/mol. The van der Waals surface area contributed by atoms with Gasteiger partial charge >= 0.3 is 0 Å². The minimum absolute atomic E-state index is 0.515. The molecule has 4 nitrogen and oxygen atoms in total. The van der Waals surface area contributed by atoms with Gasteiger partial charge in [-0.05, 0) is 25.1 Å². The summed E-state index contributed by atoms with van der Waals surface area (Å²) in [5, 5.41) is 10.3. The molecular formula is C9H9ClN4S2. The first kappa shape index (κ1) is 11.8. The Balaban J connectivity index is 2.30. The highest BCUT2D eigenvalue weighted by atomic mass is 35.5. The molecule has 7 heteroatoms. The quantitative estimate of drug-likeness (QED) is 0.804. The third-order valence-electron chi connectivity index (χ3n) is 1.90. The van der Waals surface area contributed by atoms with Crippen LogP contribution < -0.4 is 0 Å². The van der Waals surface area contributed by atoms with Crippen molar-refractivity contribution >= 4 is 34.7 Å². The molecule has 0 aliphatic heterocycles. The van der Waals surface area contributed by atoms with Crippen LogP contribution in [0, 0.1) is 6.92 Å². The molecule has 2 rings (SSSR count). The Kier molecular flexibility index (Phi) is 3.73. The maximum atomic E-state index is 6.00. The monoisotopic (exact) mass is 272 g/mol.